The number of likely N-dealkylation sites (tertiary alicyclic amines) is 1. The first-order chi connectivity index (χ1) is 9.47. The summed E-state index contributed by atoms with van der Waals surface area (Å²) in [6.07, 6.45) is 6.65. The number of aromatic nitrogens is 1. The molecule has 1 saturated carbocycles. The molecule has 0 amide bonds. The van der Waals surface area contributed by atoms with E-state index in [1.54, 1.807) is 11.3 Å². The molecule has 1 atom stereocenters. The van der Waals surface area contributed by atoms with Gasteiger partial charge in [-0.15, -0.1) is 11.3 Å². The molecule has 5 nitrogen and oxygen atoms in total. The molecule has 1 unspecified atom stereocenters. The lowest BCUT2D eigenvalue weighted by Gasteiger charge is -2.32. The Morgan fingerprint density at radius 3 is 2.85 bits per heavy atom. The van der Waals surface area contributed by atoms with Gasteiger partial charge >= 0.3 is 0 Å². The first-order valence-electron chi connectivity index (χ1n) is 7.02. The standard InChI is InChI=1S/C13H21N3O2S2/c1-20(17,18)15-9-11-8-13(11)2-5-16(6-3-13)10-12-14-4-7-19-12/h4,7,11,15H,2-3,5-6,8-10H2,1H3. The summed E-state index contributed by atoms with van der Waals surface area (Å²) in [5, 5.41) is 3.21. The van der Waals surface area contributed by atoms with Crippen molar-refractivity contribution in [3.8, 4) is 0 Å². The van der Waals surface area contributed by atoms with Gasteiger partial charge in [-0.3, -0.25) is 4.90 Å². The van der Waals surface area contributed by atoms with Crippen LogP contribution in [0.2, 0.25) is 0 Å². The number of nitrogens with one attached hydrogen (secondary N) is 1. The van der Waals surface area contributed by atoms with Crippen LogP contribution in [-0.2, 0) is 16.6 Å². The van der Waals surface area contributed by atoms with Gasteiger partial charge in [-0.25, -0.2) is 18.1 Å². The average Bonchev–Trinajstić information content (AvgIpc) is 2.80. The van der Waals surface area contributed by atoms with Crippen LogP contribution < -0.4 is 4.72 Å². The zero-order chi connectivity index (χ0) is 14.2. The van der Waals surface area contributed by atoms with Crippen LogP contribution in [0.5, 0.6) is 0 Å². The van der Waals surface area contributed by atoms with E-state index in [0.29, 0.717) is 17.9 Å². The smallest absolute Gasteiger partial charge is 0.208 e. The number of thiazole rings is 1. The number of hydrogen-bond donors (Lipinski definition) is 1. The molecule has 2 aliphatic rings. The molecular weight excluding hydrogens is 294 g/mol. The minimum Gasteiger partial charge on any atom is -0.297 e. The van der Waals surface area contributed by atoms with E-state index in [1.807, 2.05) is 11.6 Å². The third-order valence-electron chi connectivity index (χ3n) is 4.64. The summed E-state index contributed by atoms with van der Waals surface area (Å²) in [6.45, 7) is 3.79. The molecule has 1 aliphatic heterocycles. The van der Waals surface area contributed by atoms with Crippen LogP contribution in [0.4, 0.5) is 0 Å². The molecule has 1 saturated heterocycles. The Labute approximate surface area is 124 Å². The summed E-state index contributed by atoms with van der Waals surface area (Å²) in [6, 6.07) is 0. The van der Waals surface area contributed by atoms with Crippen molar-refractivity contribution in [2.24, 2.45) is 11.3 Å². The van der Waals surface area contributed by atoms with Crippen molar-refractivity contribution in [2.45, 2.75) is 25.8 Å². The molecule has 1 aromatic heterocycles. The van der Waals surface area contributed by atoms with Crippen LogP contribution in [0.1, 0.15) is 24.3 Å². The lowest BCUT2D eigenvalue weighted by Crippen LogP contribution is -2.36. The molecule has 0 radical (unpaired) electrons. The predicted octanol–water partition coefficient (Wildman–Crippen LogP) is 1.29. The number of nitrogens with zero attached hydrogens (tertiary/aromatic N) is 2. The summed E-state index contributed by atoms with van der Waals surface area (Å²) in [5.74, 6) is 0.541. The summed E-state index contributed by atoms with van der Waals surface area (Å²) in [5.41, 5.74) is 0.414. The van der Waals surface area contributed by atoms with E-state index < -0.39 is 10.0 Å². The Balaban J connectivity index is 1.45. The fourth-order valence-corrected chi connectivity index (χ4v) is 4.43. The normalized spacial score (nSPS) is 25.9. The monoisotopic (exact) mass is 315 g/mol. The number of hydrogen-bond acceptors (Lipinski definition) is 5. The van der Waals surface area contributed by atoms with Crippen molar-refractivity contribution < 1.29 is 8.42 Å². The molecule has 0 aromatic carbocycles. The van der Waals surface area contributed by atoms with Crippen molar-refractivity contribution in [2.75, 3.05) is 25.9 Å². The molecule has 112 valence electrons. The quantitative estimate of drug-likeness (QED) is 0.889. The van der Waals surface area contributed by atoms with Crippen LogP contribution in [0.15, 0.2) is 11.6 Å². The molecule has 1 N–H and O–H groups in total. The lowest BCUT2D eigenvalue weighted by molar-refractivity contribution is 0.156. The van der Waals surface area contributed by atoms with Crippen molar-refractivity contribution in [3.63, 3.8) is 0 Å². The van der Waals surface area contributed by atoms with Crippen LogP contribution in [-0.4, -0.2) is 44.2 Å². The molecule has 7 heteroatoms. The van der Waals surface area contributed by atoms with E-state index in [0.717, 1.165) is 19.6 Å². The van der Waals surface area contributed by atoms with E-state index in [2.05, 4.69) is 14.6 Å². The van der Waals surface area contributed by atoms with Gasteiger partial charge in [-0.2, -0.15) is 0 Å². The molecule has 1 aliphatic carbocycles. The summed E-state index contributed by atoms with van der Waals surface area (Å²) in [7, 11) is -3.05. The van der Waals surface area contributed by atoms with Gasteiger partial charge in [0.05, 0.1) is 12.8 Å². The fourth-order valence-electron chi connectivity index (χ4n) is 3.26. The molecule has 2 heterocycles. The highest BCUT2D eigenvalue weighted by Gasteiger charge is 2.54. The Morgan fingerprint density at radius 2 is 2.25 bits per heavy atom. The third-order valence-corrected chi connectivity index (χ3v) is 6.10. The largest absolute Gasteiger partial charge is 0.297 e. The summed E-state index contributed by atoms with van der Waals surface area (Å²) in [4.78, 5) is 6.80. The maximum absolute atomic E-state index is 11.1. The Bertz CT molecular complexity index is 548. The van der Waals surface area contributed by atoms with Crippen molar-refractivity contribution >= 4 is 21.4 Å². The first kappa shape index (κ1) is 14.4. The second-order valence-corrected chi connectivity index (χ2v) is 8.90. The lowest BCUT2D eigenvalue weighted by atomic mass is 9.91. The third kappa shape index (κ3) is 3.39. The highest BCUT2D eigenvalue weighted by Crippen LogP contribution is 2.59. The van der Waals surface area contributed by atoms with E-state index >= 15 is 0 Å². The van der Waals surface area contributed by atoms with Gasteiger partial charge in [0.2, 0.25) is 10.0 Å². The molecule has 20 heavy (non-hydrogen) atoms. The molecular formula is C13H21N3O2S2. The Kier molecular flexibility index (Phi) is 3.87. The van der Waals surface area contributed by atoms with E-state index in [4.69, 9.17) is 0 Å². The highest BCUT2D eigenvalue weighted by atomic mass is 32.2. The maximum atomic E-state index is 11.1. The Hall–Kier alpha value is -0.500. The second kappa shape index (κ2) is 5.36. The zero-order valence-electron chi connectivity index (χ0n) is 11.7. The minimum atomic E-state index is -3.05. The highest BCUT2D eigenvalue weighted by molar-refractivity contribution is 7.88. The fraction of sp³-hybridized carbons (Fsp3) is 0.769. The average molecular weight is 315 g/mol. The molecule has 3 rings (SSSR count). The van der Waals surface area contributed by atoms with Gasteiger partial charge in [-0.1, -0.05) is 0 Å². The first-order valence-corrected chi connectivity index (χ1v) is 9.79. The van der Waals surface area contributed by atoms with Crippen LogP contribution in [0, 0.1) is 11.3 Å². The van der Waals surface area contributed by atoms with Crippen LogP contribution >= 0.6 is 11.3 Å². The van der Waals surface area contributed by atoms with E-state index in [-0.39, 0.29) is 0 Å². The second-order valence-electron chi connectivity index (χ2n) is 6.09. The molecule has 0 bridgehead atoms. The number of sulfonamides is 1. The predicted molar refractivity (Wildman–Crippen MR) is 80.0 cm³/mol. The van der Waals surface area contributed by atoms with Gasteiger partial charge in [-0.05, 0) is 43.7 Å². The van der Waals surface area contributed by atoms with Gasteiger partial charge in [0.25, 0.3) is 0 Å². The van der Waals surface area contributed by atoms with Gasteiger partial charge in [0, 0.05) is 18.1 Å². The number of piperidine rings is 1. The van der Waals surface area contributed by atoms with Gasteiger partial charge in [0.1, 0.15) is 5.01 Å². The summed E-state index contributed by atoms with van der Waals surface area (Å²) >= 11 is 1.71. The van der Waals surface area contributed by atoms with Crippen LogP contribution in [0.3, 0.4) is 0 Å². The van der Waals surface area contributed by atoms with Crippen molar-refractivity contribution in [3.05, 3.63) is 16.6 Å². The molecule has 1 aromatic rings. The van der Waals surface area contributed by atoms with Gasteiger partial charge in [0.15, 0.2) is 0 Å². The SMILES string of the molecule is CS(=O)(=O)NCC1CC12CCN(Cc1nccs1)CC2. The summed E-state index contributed by atoms with van der Waals surface area (Å²) < 4.78 is 24.9. The van der Waals surface area contributed by atoms with E-state index in [9.17, 15) is 8.42 Å². The van der Waals surface area contributed by atoms with Crippen molar-refractivity contribution in [1.29, 1.82) is 0 Å². The minimum absolute atomic E-state index is 0.414. The van der Waals surface area contributed by atoms with Crippen molar-refractivity contribution in [1.82, 2.24) is 14.6 Å². The topological polar surface area (TPSA) is 62.3 Å². The maximum Gasteiger partial charge on any atom is 0.208 e. The number of rotatable bonds is 5. The molecule has 2 fully saturated rings. The van der Waals surface area contributed by atoms with Crippen LogP contribution in [0.25, 0.3) is 0 Å². The van der Waals surface area contributed by atoms with E-state index in [1.165, 1.54) is 30.5 Å². The zero-order valence-corrected chi connectivity index (χ0v) is 13.3. The molecule has 1 spiro atoms. The Morgan fingerprint density at radius 1 is 1.50 bits per heavy atom. The van der Waals surface area contributed by atoms with Gasteiger partial charge < -0.3 is 0 Å².